The highest BCUT2D eigenvalue weighted by molar-refractivity contribution is 7.99. The molecular weight excluding hydrogens is 946 g/mol. The van der Waals surface area contributed by atoms with Crippen molar-refractivity contribution in [1.82, 2.24) is 14.8 Å². The lowest BCUT2D eigenvalue weighted by Gasteiger charge is -2.37. The summed E-state index contributed by atoms with van der Waals surface area (Å²) in [6.07, 6.45) is 2.43. The van der Waals surface area contributed by atoms with E-state index in [1.165, 1.54) is 17.0 Å². The number of benzene rings is 5. The molecule has 17 heteroatoms. The van der Waals surface area contributed by atoms with Gasteiger partial charge in [-0.15, -0.1) is 11.8 Å². The number of rotatable bonds is 18. The van der Waals surface area contributed by atoms with Crippen LogP contribution >= 0.6 is 11.8 Å². The Balaban J connectivity index is 0.904. The lowest BCUT2D eigenvalue weighted by atomic mass is 9.94. The van der Waals surface area contributed by atoms with Crippen molar-refractivity contribution in [2.45, 2.75) is 61.5 Å². The number of aryl methyl sites for hydroxylation is 1. The number of thioether (sulfide) groups is 1. The second-order valence-electron chi connectivity index (χ2n) is 18.5. The molecule has 3 heterocycles. The van der Waals surface area contributed by atoms with E-state index < -0.39 is 38.5 Å². The molecule has 4 N–H and O–H groups in total. The minimum atomic E-state index is -3.89. The number of nitrogens with one attached hydrogen (secondary N) is 3. The number of likely N-dealkylation sites (tertiary alicyclic amines) is 1. The molecule has 0 radical (unpaired) electrons. The van der Waals surface area contributed by atoms with Crippen molar-refractivity contribution in [2.75, 3.05) is 77.3 Å². The van der Waals surface area contributed by atoms with Crippen LogP contribution in [0.3, 0.4) is 0 Å². The van der Waals surface area contributed by atoms with E-state index in [2.05, 4.69) is 42.2 Å². The number of hydrogen-bond acceptors (Lipinski definition) is 11. The molecule has 13 nitrogen and oxygen atoms in total. The Kier molecular flexibility index (Phi) is 16.0. The molecule has 0 spiro atoms. The Morgan fingerprint density at radius 3 is 2.17 bits per heavy atom. The number of hydrogen-bond donors (Lipinski definition) is 4. The number of nitrogens with zero attached hydrogens (tertiary/aromatic N) is 4. The highest BCUT2D eigenvalue weighted by Crippen LogP contribution is 2.40. The number of carbonyl (C=O) groups excluding carboxylic acids is 1. The minimum Gasteiger partial charge on any atom is -0.771 e. The highest BCUT2D eigenvalue weighted by atomic mass is 32.2. The monoisotopic (exact) mass is 1010 g/mol. The molecule has 2 aliphatic rings. The molecule has 6 aromatic rings. The van der Waals surface area contributed by atoms with E-state index in [1.54, 1.807) is 55.1 Å². The predicted octanol–water partition coefficient (Wildman–Crippen LogP) is 8.62. The number of anilines is 4. The van der Waals surface area contributed by atoms with E-state index in [9.17, 15) is 31.5 Å². The zero-order valence-corrected chi connectivity index (χ0v) is 42.4. The molecular formula is C53H61FN7O6S3-. The highest BCUT2D eigenvalue weighted by Gasteiger charge is 2.29. The second-order valence-corrected chi connectivity index (χ2v) is 22.1. The molecule has 1 amide bonds. The van der Waals surface area contributed by atoms with Crippen LogP contribution in [0.5, 0.6) is 0 Å². The van der Waals surface area contributed by atoms with Gasteiger partial charge >= 0.3 is 0 Å². The summed E-state index contributed by atoms with van der Waals surface area (Å²) >= 11 is -0.680. The van der Waals surface area contributed by atoms with Gasteiger partial charge in [-0.05, 0) is 159 Å². The summed E-state index contributed by atoms with van der Waals surface area (Å²) < 4.78 is 68.9. The third-order valence-corrected chi connectivity index (χ3v) is 16.4. The van der Waals surface area contributed by atoms with Crippen molar-refractivity contribution in [3.8, 4) is 22.4 Å². The van der Waals surface area contributed by atoms with Gasteiger partial charge in [-0.25, -0.2) is 12.8 Å². The van der Waals surface area contributed by atoms with Gasteiger partial charge in [-0.3, -0.25) is 13.7 Å². The molecule has 1 unspecified atom stereocenters. The third kappa shape index (κ3) is 12.4. The molecule has 1 aromatic heterocycles. The van der Waals surface area contributed by atoms with Crippen molar-refractivity contribution in [3.63, 3.8) is 0 Å². The molecule has 2 aliphatic heterocycles. The quantitative estimate of drug-likeness (QED) is 0.0482. The fraction of sp³-hybridized carbons (Fsp3) is 0.340. The Hall–Kier alpha value is -5.69. The van der Waals surface area contributed by atoms with Gasteiger partial charge in [0.25, 0.3) is 15.9 Å². The molecule has 70 heavy (non-hydrogen) atoms. The van der Waals surface area contributed by atoms with Crippen molar-refractivity contribution < 1.29 is 31.5 Å². The van der Waals surface area contributed by atoms with Crippen LogP contribution in [-0.4, -0.2) is 107 Å². The second kappa shape index (κ2) is 22.2. The molecule has 0 aliphatic carbocycles. The van der Waals surface area contributed by atoms with Crippen molar-refractivity contribution in [1.29, 1.82) is 0 Å². The lowest BCUT2D eigenvalue weighted by molar-refractivity contribution is -0.00556. The average molecular weight is 1010 g/mol. The SMILES string of the molecule is Cc1cc(S(=O)(=O)Nc2ccc(N3CCN(c4cccc(-c5c(C(=O)NCS(=O)[O-])c(C)n(C)c5-c5ccc(F)cc5)c4)CC3)cc2)ccc1N[C@H](CCN1CCC(C)(O)CC1)CSc1ccccc1. The summed E-state index contributed by atoms with van der Waals surface area (Å²) in [7, 11) is -2.06. The van der Waals surface area contributed by atoms with E-state index in [1.807, 2.05) is 86.1 Å². The lowest BCUT2D eigenvalue weighted by Crippen LogP contribution is -2.46. The molecule has 2 atom stereocenters. The molecule has 0 bridgehead atoms. The zero-order chi connectivity index (χ0) is 49.6. The van der Waals surface area contributed by atoms with Crippen molar-refractivity contribution >= 4 is 61.5 Å². The summed E-state index contributed by atoms with van der Waals surface area (Å²) in [5.41, 5.74) is 7.28. The Morgan fingerprint density at radius 1 is 0.843 bits per heavy atom. The number of piperazine rings is 1. The molecule has 8 rings (SSSR count). The standard InChI is InChI=1S/C53H62FN7O6S3/c1-37-33-47(21-22-48(37)56-43(35-68-46-11-6-5-7-12-46)23-26-59-27-24-53(3,63)25-28-59)70(66,67)57-42-17-19-44(20-18-42)60-29-31-61(32-30-60)45-10-8-9-40(34-45)50-49(52(62)55-36-69(64)65)38(2)58(4)51(50)39-13-15-41(54)16-14-39/h5-22,33-34,43,56-57,63H,23-32,35-36H2,1-4H3,(H,55,62)(H,64,65)/p-1/t43-/m1/s1. The van der Waals surface area contributed by atoms with Crippen LogP contribution in [-0.2, 0) is 28.2 Å². The molecule has 2 fully saturated rings. The maximum atomic E-state index is 14.0. The number of amides is 1. The molecule has 0 saturated carbocycles. The van der Waals surface area contributed by atoms with Gasteiger partial charge in [-0.2, -0.15) is 0 Å². The van der Waals surface area contributed by atoms with E-state index in [-0.39, 0.29) is 16.8 Å². The number of aliphatic hydroxyl groups is 1. The Bertz CT molecular complexity index is 2900. The number of halogens is 1. The maximum absolute atomic E-state index is 14.0. The van der Waals surface area contributed by atoms with Gasteiger partial charge in [0.05, 0.1) is 27.6 Å². The summed E-state index contributed by atoms with van der Waals surface area (Å²) in [6, 6.07) is 37.1. The summed E-state index contributed by atoms with van der Waals surface area (Å²) in [5.74, 6) is -0.593. The third-order valence-electron chi connectivity index (χ3n) is 13.4. The number of carbonyl (C=O) groups is 1. The van der Waals surface area contributed by atoms with Crippen LogP contribution in [0, 0.1) is 19.7 Å². The van der Waals surface area contributed by atoms with Gasteiger partial charge in [0.15, 0.2) is 0 Å². The van der Waals surface area contributed by atoms with E-state index in [4.69, 9.17) is 0 Å². The van der Waals surface area contributed by atoms with Crippen LogP contribution in [0.4, 0.5) is 27.1 Å². The largest absolute Gasteiger partial charge is 0.771 e. The molecule has 370 valence electrons. The number of aromatic nitrogens is 1. The van der Waals surface area contributed by atoms with Crippen LogP contribution in [0.1, 0.15) is 47.8 Å². The van der Waals surface area contributed by atoms with Gasteiger partial charge in [0.2, 0.25) is 0 Å². The van der Waals surface area contributed by atoms with Crippen molar-refractivity contribution in [2.24, 2.45) is 7.05 Å². The van der Waals surface area contributed by atoms with E-state index >= 15 is 0 Å². The van der Waals surface area contributed by atoms with Crippen LogP contribution in [0.15, 0.2) is 131 Å². The van der Waals surface area contributed by atoms with Crippen LogP contribution < -0.4 is 25.2 Å². The van der Waals surface area contributed by atoms with Crippen LogP contribution in [0.25, 0.3) is 22.4 Å². The van der Waals surface area contributed by atoms with E-state index in [0.29, 0.717) is 59.9 Å². The first-order chi connectivity index (χ1) is 33.5. The van der Waals surface area contributed by atoms with Gasteiger partial charge in [-0.1, -0.05) is 30.3 Å². The first-order valence-electron chi connectivity index (χ1n) is 23.6. The Morgan fingerprint density at radius 2 is 1.51 bits per heavy atom. The van der Waals surface area contributed by atoms with Gasteiger partial charge in [0, 0.05) is 104 Å². The van der Waals surface area contributed by atoms with Crippen LogP contribution in [0.2, 0.25) is 0 Å². The predicted molar refractivity (Wildman–Crippen MR) is 281 cm³/mol. The zero-order valence-electron chi connectivity index (χ0n) is 40.0. The van der Waals surface area contributed by atoms with Gasteiger partial charge < -0.3 is 39.6 Å². The summed E-state index contributed by atoms with van der Waals surface area (Å²) in [5, 5.41) is 16.7. The maximum Gasteiger partial charge on any atom is 0.261 e. The minimum absolute atomic E-state index is 0.134. The summed E-state index contributed by atoms with van der Waals surface area (Å²) in [6.45, 7) is 11.1. The number of sulfonamides is 1. The van der Waals surface area contributed by atoms with Gasteiger partial charge in [0.1, 0.15) is 5.82 Å². The van der Waals surface area contributed by atoms with Crippen molar-refractivity contribution in [3.05, 3.63) is 144 Å². The molecule has 2 saturated heterocycles. The number of piperidine rings is 1. The fourth-order valence-electron chi connectivity index (χ4n) is 9.25. The average Bonchev–Trinajstić information content (AvgIpc) is 3.62. The first-order valence-corrected chi connectivity index (χ1v) is 27.3. The van der Waals surface area contributed by atoms with E-state index in [0.717, 1.165) is 72.8 Å². The molecule has 5 aromatic carbocycles. The smallest absolute Gasteiger partial charge is 0.261 e. The summed E-state index contributed by atoms with van der Waals surface area (Å²) in [4.78, 5) is 21.9. The Labute approximate surface area is 417 Å². The fourth-order valence-corrected chi connectivity index (χ4v) is 11.6. The topological polar surface area (TPSA) is 162 Å². The first kappa shape index (κ1) is 50.7. The normalized spacial score (nSPS) is 16.2.